The molecule has 0 saturated carbocycles. The van der Waals surface area contributed by atoms with Gasteiger partial charge in [0.2, 0.25) is 0 Å². The van der Waals surface area contributed by atoms with Gasteiger partial charge in [0.25, 0.3) is 17.7 Å². The number of hydrogen-bond acceptors (Lipinski definition) is 5. The number of carbonyl (C=O) groups is 4. The lowest BCUT2D eigenvalue weighted by molar-refractivity contribution is -0.151. The van der Waals surface area contributed by atoms with Crippen molar-refractivity contribution in [3.05, 3.63) is 102 Å². The third kappa shape index (κ3) is 4.52. The number of benzene rings is 3. The molecule has 1 heterocycles. The number of hydrogen-bond donors (Lipinski definition) is 0. The van der Waals surface area contributed by atoms with Gasteiger partial charge in [-0.3, -0.25) is 19.3 Å². The maximum atomic E-state index is 13.1. The fourth-order valence-corrected chi connectivity index (χ4v) is 3.73. The molecule has 3 aromatic rings. The van der Waals surface area contributed by atoms with Crippen molar-refractivity contribution in [2.24, 2.45) is 0 Å². The Bertz CT molecular complexity index is 1160. The Labute approximate surface area is 191 Å². The molecule has 0 aliphatic carbocycles. The van der Waals surface area contributed by atoms with Crippen LogP contribution in [0.25, 0.3) is 0 Å². The van der Waals surface area contributed by atoms with Gasteiger partial charge in [-0.1, -0.05) is 60.7 Å². The molecule has 3 amide bonds. The molecule has 7 nitrogen and oxygen atoms in total. The third-order valence-corrected chi connectivity index (χ3v) is 5.54. The van der Waals surface area contributed by atoms with E-state index in [1.54, 1.807) is 79.8 Å². The van der Waals surface area contributed by atoms with Crippen LogP contribution in [0.15, 0.2) is 84.9 Å². The van der Waals surface area contributed by atoms with Gasteiger partial charge in [-0.15, -0.1) is 0 Å². The second kappa shape index (κ2) is 9.48. The van der Waals surface area contributed by atoms with Crippen molar-refractivity contribution in [2.45, 2.75) is 12.5 Å². The van der Waals surface area contributed by atoms with Crippen LogP contribution in [0, 0.1) is 0 Å². The molecule has 0 N–H and O–H groups in total. The molecule has 33 heavy (non-hydrogen) atoms. The van der Waals surface area contributed by atoms with E-state index in [1.807, 2.05) is 12.1 Å². The summed E-state index contributed by atoms with van der Waals surface area (Å²) in [6.07, 6.45) is 0.0772. The van der Waals surface area contributed by atoms with Crippen molar-refractivity contribution in [1.82, 2.24) is 4.90 Å². The zero-order chi connectivity index (χ0) is 23.4. The lowest BCUT2D eigenvalue weighted by Gasteiger charge is -2.25. The second-order valence-electron chi connectivity index (χ2n) is 7.63. The zero-order valence-corrected chi connectivity index (χ0v) is 18.0. The summed E-state index contributed by atoms with van der Waals surface area (Å²) in [5.74, 6) is -2.36. The number of carbonyl (C=O) groups excluding carboxylic acids is 4. The summed E-state index contributed by atoms with van der Waals surface area (Å²) in [5, 5.41) is 0. The first-order valence-electron chi connectivity index (χ1n) is 10.5. The maximum absolute atomic E-state index is 13.1. The van der Waals surface area contributed by atoms with E-state index in [4.69, 9.17) is 4.74 Å². The fourth-order valence-electron chi connectivity index (χ4n) is 3.73. The molecule has 4 rings (SSSR count). The lowest BCUT2D eigenvalue weighted by Crippen LogP contribution is -2.47. The summed E-state index contributed by atoms with van der Waals surface area (Å²) in [6.45, 7) is -0.515. The number of esters is 1. The van der Waals surface area contributed by atoms with E-state index in [9.17, 15) is 19.2 Å². The van der Waals surface area contributed by atoms with E-state index in [-0.39, 0.29) is 17.5 Å². The van der Waals surface area contributed by atoms with Crippen LogP contribution in [0.1, 0.15) is 26.3 Å². The minimum Gasteiger partial charge on any atom is -0.454 e. The van der Waals surface area contributed by atoms with Crippen molar-refractivity contribution in [3.8, 4) is 0 Å². The summed E-state index contributed by atoms with van der Waals surface area (Å²) in [4.78, 5) is 54.0. The molecule has 1 aliphatic rings. The molecule has 166 valence electrons. The molecule has 0 fully saturated rings. The van der Waals surface area contributed by atoms with Gasteiger partial charge < -0.3 is 9.64 Å². The summed E-state index contributed by atoms with van der Waals surface area (Å²) >= 11 is 0. The number of rotatable bonds is 7. The van der Waals surface area contributed by atoms with Gasteiger partial charge in [0.05, 0.1) is 11.1 Å². The Balaban J connectivity index is 1.54. The number of amides is 3. The molecule has 1 aliphatic heterocycles. The minimum absolute atomic E-state index is 0.0772. The number of ether oxygens (including phenoxy) is 1. The molecular weight excluding hydrogens is 420 g/mol. The van der Waals surface area contributed by atoms with Crippen LogP contribution in [0.3, 0.4) is 0 Å². The largest absolute Gasteiger partial charge is 0.454 e. The van der Waals surface area contributed by atoms with Gasteiger partial charge in [-0.2, -0.15) is 0 Å². The molecule has 1 atom stereocenters. The summed E-state index contributed by atoms with van der Waals surface area (Å²) < 4.78 is 5.31. The highest BCUT2D eigenvalue weighted by atomic mass is 16.5. The van der Waals surface area contributed by atoms with Gasteiger partial charge in [0.15, 0.2) is 6.61 Å². The standard InChI is InChI=1S/C26H22N2O5/c1-27(19-12-6-3-7-13-19)23(29)17-33-26(32)22(16-18-10-4-2-5-11-18)28-24(30)20-14-8-9-15-21(20)25(28)31/h2-15,22H,16-17H2,1H3/t22-/m0/s1. The van der Waals surface area contributed by atoms with Gasteiger partial charge in [0, 0.05) is 19.2 Å². The average molecular weight is 442 g/mol. The fraction of sp³-hybridized carbons (Fsp3) is 0.154. The highest BCUT2D eigenvalue weighted by Gasteiger charge is 2.43. The van der Waals surface area contributed by atoms with Crippen LogP contribution in [0.2, 0.25) is 0 Å². The molecule has 0 aromatic heterocycles. The highest BCUT2D eigenvalue weighted by molar-refractivity contribution is 6.22. The Morgan fingerprint density at radius 1 is 0.818 bits per heavy atom. The molecular formula is C26H22N2O5. The predicted octanol–water partition coefficient (Wildman–Crippen LogP) is 3.10. The van der Waals surface area contributed by atoms with E-state index in [1.165, 1.54) is 4.90 Å². The number of anilines is 1. The summed E-state index contributed by atoms with van der Waals surface area (Å²) in [7, 11) is 1.58. The summed E-state index contributed by atoms with van der Waals surface area (Å²) in [5.41, 5.74) is 1.89. The summed E-state index contributed by atoms with van der Waals surface area (Å²) in [6, 6.07) is 23.2. The van der Waals surface area contributed by atoms with Crippen molar-refractivity contribution in [1.29, 1.82) is 0 Å². The molecule has 0 unspecified atom stereocenters. The normalized spacial score (nSPS) is 13.4. The van der Waals surface area contributed by atoms with Gasteiger partial charge in [0.1, 0.15) is 6.04 Å². The molecule has 3 aromatic carbocycles. The van der Waals surface area contributed by atoms with E-state index in [0.29, 0.717) is 5.69 Å². The van der Waals surface area contributed by atoms with E-state index < -0.39 is 36.3 Å². The van der Waals surface area contributed by atoms with Gasteiger partial charge >= 0.3 is 5.97 Å². The van der Waals surface area contributed by atoms with Crippen molar-refractivity contribution in [3.63, 3.8) is 0 Å². The number of imide groups is 1. The molecule has 0 bridgehead atoms. The lowest BCUT2D eigenvalue weighted by atomic mass is 10.0. The van der Waals surface area contributed by atoms with Crippen molar-refractivity contribution < 1.29 is 23.9 Å². The SMILES string of the molecule is CN(C(=O)COC(=O)[C@H](Cc1ccccc1)N1C(=O)c2ccccc2C1=O)c1ccccc1. The minimum atomic E-state index is -1.20. The second-order valence-corrected chi connectivity index (χ2v) is 7.63. The first-order valence-corrected chi connectivity index (χ1v) is 10.5. The Morgan fingerprint density at radius 3 is 1.91 bits per heavy atom. The van der Waals surface area contributed by atoms with E-state index in [2.05, 4.69) is 0 Å². The monoisotopic (exact) mass is 442 g/mol. The molecule has 0 saturated heterocycles. The number of nitrogens with zero attached hydrogens (tertiary/aromatic N) is 2. The van der Waals surface area contributed by atoms with Crippen LogP contribution in [-0.4, -0.2) is 48.3 Å². The quantitative estimate of drug-likeness (QED) is 0.415. The van der Waals surface area contributed by atoms with Crippen LogP contribution in [-0.2, 0) is 20.7 Å². The topological polar surface area (TPSA) is 84.0 Å². The highest BCUT2D eigenvalue weighted by Crippen LogP contribution is 2.26. The third-order valence-electron chi connectivity index (χ3n) is 5.54. The number of fused-ring (bicyclic) bond motifs is 1. The Morgan fingerprint density at radius 2 is 1.33 bits per heavy atom. The molecule has 0 spiro atoms. The van der Waals surface area contributed by atoms with Gasteiger partial charge in [-0.25, -0.2) is 4.79 Å². The maximum Gasteiger partial charge on any atom is 0.330 e. The smallest absolute Gasteiger partial charge is 0.330 e. The number of para-hydroxylation sites is 1. The Kier molecular flexibility index (Phi) is 6.31. The predicted molar refractivity (Wildman–Crippen MR) is 122 cm³/mol. The van der Waals surface area contributed by atoms with Crippen LogP contribution >= 0.6 is 0 Å². The average Bonchev–Trinajstić information content (AvgIpc) is 3.11. The van der Waals surface area contributed by atoms with Crippen LogP contribution in [0.4, 0.5) is 5.69 Å². The van der Waals surface area contributed by atoms with E-state index >= 15 is 0 Å². The molecule has 0 radical (unpaired) electrons. The van der Waals surface area contributed by atoms with Crippen LogP contribution < -0.4 is 4.90 Å². The van der Waals surface area contributed by atoms with Crippen molar-refractivity contribution >= 4 is 29.4 Å². The van der Waals surface area contributed by atoms with Crippen LogP contribution in [0.5, 0.6) is 0 Å². The number of likely N-dealkylation sites (N-methyl/N-ethyl adjacent to an activating group) is 1. The van der Waals surface area contributed by atoms with E-state index in [0.717, 1.165) is 10.5 Å². The first-order chi connectivity index (χ1) is 16.0. The van der Waals surface area contributed by atoms with Gasteiger partial charge in [-0.05, 0) is 29.8 Å². The first kappa shape index (κ1) is 22.0. The Hall–Kier alpha value is -4.26. The zero-order valence-electron chi connectivity index (χ0n) is 18.0. The molecule has 7 heteroatoms. The van der Waals surface area contributed by atoms with Crippen molar-refractivity contribution in [2.75, 3.05) is 18.6 Å².